The zero-order chi connectivity index (χ0) is 27.8. The van der Waals surface area contributed by atoms with Gasteiger partial charge in [0.2, 0.25) is 0 Å². The van der Waals surface area contributed by atoms with Crippen molar-refractivity contribution in [1.82, 2.24) is 0 Å². The van der Waals surface area contributed by atoms with Crippen LogP contribution in [0.4, 0.5) is 0 Å². The Kier molecular flexibility index (Phi) is 26.4. The lowest BCUT2D eigenvalue weighted by Gasteiger charge is -2.49. The molecule has 0 heteroatoms. The van der Waals surface area contributed by atoms with Crippen LogP contribution in [0.5, 0.6) is 0 Å². The number of fused-ring (bicyclic) bond motifs is 1. The van der Waals surface area contributed by atoms with Gasteiger partial charge in [0.1, 0.15) is 0 Å². The topological polar surface area (TPSA) is 0 Å². The Labute approximate surface area is 230 Å². The highest BCUT2D eigenvalue weighted by Gasteiger charge is 2.41. The standard InChI is InChI=1S/C10H16.C10H12.C6H10.5C2H6/c1-7-2-9-4-8(1)5-10(3-7)6-9;1-8-6-7-9-4-2-3-5-10(8)9;1-2-4-6-5-3-1;5*1-2/h7-10H,1-6H2;2-5,8H,6-7H2,1H3;1-2H,3-6H2;5*1-2H3. The third-order valence-corrected chi connectivity index (χ3v) is 7.59. The highest BCUT2D eigenvalue weighted by atomic mass is 14.5. The monoisotopic (exact) mass is 501 g/mol. The molecule has 1 aromatic rings. The van der Waals surface area contributed by atoms with Crippen molar-refractivity contribution in [3.63, 3.8) is 0 Å². The summed E-state index contributed by atoms with van der Waals surface area (Å²) in [6.07, 6.45) is 22.3. The largest absolute Gasteiger partial charge is 0.0885 e. The molecule has 7 rings (SSSR count). The van der Waals surface area contributed by atoms with E-state index in [2.05, 4.69) is 43.3 Å². The van der Waals surface area contributed by atoms with Gasteiger partial charge in [0.05, 0.1) is 0 Å². The van der Waals surface area contributed by atoms with Gasteiger partial charge < -0.3 is 0 Å². The summed E-state index contributed by atoms with van der Waals surface area (Å²) in [5, 5.41) is 0. The van der Waals surface area contributed by atoms with E-state index >= 15 is 0 Å². The molecule has 6 aliphatic rings. The maximum Gasteiger partial charge on any atom is -0.0184 e. The average molecular weight is 501 g/mol. The zero-order valence-electron chi connectivity index (χ0n) is 26.8. The molecule has 0 saturated heterocycles. The molecule has 4 bridgehead atoms. The summed E-state index contributed by atoms with van der Waals surface area (Å²) in [7, 11) is 0. The molecule has 1 atom stereocenters. The minimum Gasteiger partial charge on any atom is -0.0885 e. The third kappa shape index (κ3) is 14.0. The smallest absolute Gasteiger partial charge is 0.0184 e. The van der Waals surface area contributed by atoms with Gasteiger partial charge in [0, 0.05) is 0 Å². The van der Waals surface area contributed by atoms with Crippen molar-refractivity contribution in [1.29, 1.82) is 0 Å². The molecule has 4 saturated carbocycles. The van der Waals surface area contributed by atoms with Crippen molar-refractivity contribution in [3.8, 4) is 0 Å². The Balaban J connectivity index is 0. The summed E-state index contributed by atoms with van der Waals surface area (Å²) in [5.41, 5.74) is 3.14. The lowest BCUT2D eigenvalue weighted by Crippen LogP contribution is -2.38. The SMILES string of the molecule is C1=CCCCC1.C1C2CC3CC1CC(C2)C3.CC.CC.CC.CC.CC.CC1CCc2ccccc21. The predicted octanol–water partition coefficient (Wildman–Crippen LogP) is 12.8. The van der Waals surface area contributed by atoms with Gasteiger partial charge in [-0.05, 0) is 118 Å². The highest BCUT2D eigenvalue weighted by molar-refractivity contribution is 5.33. The Morgan fingerprint density at radius 1 is 0.528 bits per heavy atom. The lowest BCUT2D eigenvalue weighted by atomic mass is 9.56. The molecule has 212 valence electrons. The van der Waals surface area contributed by atoms with Crippen LogP contribution < -0.4 is 0 Å². The second-order valence-electron chi connectivity index (χ2n) is 9.77. The van der Waals surface area contributed by atoms with E-state index in [9.17, 15) is 0 Å². The number of rotatable bonds is 0. The molecule has 0 nitrogen and oxygen atoms in total. The molecule has 0 heterocycles. The van der Waals surface area contributed by atoms with E-state index in [0.29, 0.717) is 0 Å². The van der Waals surface area contributed by atoms with Gasteiger partial charge in [-0.2, -0.15) is 0 Å². The second-order valence-corrected chi connectivity index (χ2v) is 9.77. The van der Waals surface area contributed by atoms with E-state index in [1.807, 2.05) is 69.2 Å². The van der Waals surface area contributed by atoms with Gasteiger partial charge in [-0.1, -0.05) is 113 Å². The van der Waals surface area contributed by atoms with Gasteiger partial charge in [0.25, 0.3) is 0 Å². The van der Waals surface area contributed by atoms with E-state index in [4.69, 9.17) is 0 Å². The van der Waals surface area contributed by atoms with Gasteiger partial charge >= 0.3 is 0 Å². The fourth-order valence-electron chi connectivity index (χ4n) is 6.51. The van der Waals surface area contributed by atoms with Crippen LogP contribution in [-0.2, 0) is 6.42 Å². The van der Waals surface area contributed by atoms with Gasteiger partial charge in [-0.3, -0.25) is 0 Å². The van der Waals surface area contributed by atoms with Gasteiger partial charge in [-0.25, -0.2) is 0 Å². The van der Waals surface area contributed by atoms with Crippen molar-refractivity contribution in [3.05, 3.63) is 47.5 Å². The first kappa shape index (κ1) is 37.1. The van der Waals surface area contributed by atoms with Gasteiger partial charge in [-0.15, -0.1) is 0 Å². The highest BCUT2D eigenvalue weighted by Crippen LogP contribution is 2.53. The van der Waals surface area contributed by atoms with E-state index in [1.54, 1.807) is 49.7 Å². The fourth-order valence-corrected chi connectivity index (χ4v) is 6.51. The maximum absolute atomic E-state index is 2.31. The number of aryl methyl sites for hydroxylation is 1. The molecule has 1 aromatic carbocycles. The predicted molar refractivity (Wildman–Crippen MR) is 169 cm³/mol. The van der Waals surface area contributed by atoms with E-state index in [-0.39, 0.29) is 0 Å². The summed E-state index contributed by atoms with van der Waals surface area (Å²) in [4.78, 5) is 0. The maximum atomic E-state index is 2.31. The molecule has 0 amide bonds. The van der Waals surface area contributed by atoms with E-state index in [0.717, 1.165) is 5.92 Å². The number of hydrogen-bond acceptors (Lipinski definition) is 0. The summed E-state index contributed by atoms with van der Waals surface area (Å²) in [6, 6.07) is 8.78. The minimum absolute atomic E-state index is 0.802. The molecular formula is C36H68. The Morgan fingerprint density at radius 2 is 0.889 bits per heavy atom. The summed E-state index contributed by atoms with van der Waals surface area (Å²) >= 11 is 0. The van der Waals surface area contributed by atoms with Crippen LogP contribution in [0.15, 0.2) is 36.4 Å². The Morgan fingerprint density at radius 3 is 1.19 bits per heavy atom. The molecule has 0 aliphatic heterocycles. The molecular weight excluding hydrogens is 432 g/mol. The first-order chi connectivity index (χ1) is 17.8. The first-order valence-electron chi connectivity index (χ1n) is 16.5. The first-order valence-corrected chi connectivity index (χ1v) is 16.5. The quantitative estimate of drug-likeness (QED) is 0.311. The van der Waals surface area contributed by atoms with Crippen molar-refractivity contribution in [2.24, 2.45) is 23.7 Å². The molecule has 0 radical (unpaired) electrons. The molecule has 6 aliphatic carbocycles. The zero-order valence-corrected chi connectivity index (χ0v) is 26.8. The van der Waals surface area contributed by atoms with Crippen LogP contribution >= 0.6 is 0 Å². The minimum atomic E-state index is 0.802. The summed E-state index contributed by atoms with van der Waals surface area (Å²) < 4.78 is 0. The van der Waals surface area contributed by atoms with Crippen molar-refractivity contribution in [2.45, 2.75) is 159 Å². The van der Waals surface area contributed by atoms with Crippen molar-refractivity contribution >= 4 is 0 Å². The Hall–Kier alpha value is -1.04. The van der Waals surface area contributed by atoms with Crippen molar-refractivity contribution < 1.29 is 0 Å². The third-order valence-electron chi connectivity index (χ3n) is 7.59. The van der Waals surface area contributed by atoms with Crippen LogP contribution in [0.2, 0.25) is 0 Å². The number of allylic oxidation sites excluding steroid dienone is 2. The van der Waals surface area contributed by atoms with Crippen LogP contribution in [0.1, 0.15) is 164 Å². The van der Waals surface area contributed by atoms with Crippen LogP contribution in [0, 0.1) is 23.7 Å². The number of benzene rings is 1. The lowest BCUT2D eigenvalue weighted by molar-refractivity contribution is 0.0198. The van der Waals surface area contributed by atoms with Crippen molar-refractivity contribution in [2.75, 3.05) is 0 Å². The summed E-state index contributed by atoms with van der Waals surface area (Å²) in [6.45, 7) is 22.3. The molecule has 0 N–H and O–H groups in total. The molecule has 4 fully saturated rings. The summed E-state index contributed by atoms with van der Waals surface area (Å²) in [5.74, 6) is 5.51. The Bertz CT molecular complexity index is 531. The van der Waals surface area contributed by atoms with Gasteiger partial charge in [0.15, 0.2) is 0 Å². The second kappa shape index (κ2) is 25.6. The van der Waals surface area contributed by atoms with E-state index in [1.165, 1.54) is 62.2 Å². The van der Waals surface area contributed by atoms with E-state index < -0.39 is 0 Å². The molecule has 0 spiro atoms. The average Bonchev–Trinajstić information content (AvgIpc) is 3.36. The molecule has 36 heavy (non-hydrogen) atoms. The molecule has 0 aromatic heterocycles. The van der Waals surface area contributed by atoms with Crippen LogP contribution in [0.25, 0.3) is 0 Å². The number of hydrogen-bond donors (Lipinski definition) is 0. The fraction of sp³-hybridized carbons (Fsp3) is 0.778. The van der Waals surface area contributed by atoms with Crippen LogP contribution in [0.3, 0.4) is 0 Å². The normalized spacial score (nSPS) is 26.7. The van der Waals surface area contributed by atoms with Crippen LogP contribution in [-0.4, -0.2) is 0 Å². The molecule has 1 unspecified atom stereocenters.